The number of aromatic nitrogens is 2. The van der Waals surface area contributed by atoms with E-state index in [0.717, 1.165) is 17.0 Å². The van der Waals surface area contributed by atoms with Gasteiger partial charge in [-0.05, 0) is 24.1 Å². The molecule has 2 aromatic rings. The molecule has 27 heavy (non-hydrogen) atoms. The number of hydrogen-bond donors (Lipinski definition) is 1. The Hall–Kier alpha value is -2.68. The minimum atomic E-state index is -0.397. The normalized spacial score (nSPS) is 16.5. The second kappa shape index (κ2) is 8.34. The van der Waals surface area contributed by atoms with Crippen molar-refractivity contribution >= 4 is 28.3 Å². The molecular formula is C18H22N4O4S. The van der Waals surface area contributed by atoms with Crippen molar-refractivity contribution in [1.82, 2.24) is 15.5 Å². The molecular weight excluding hydrogens is 368 g/mol. The largest absolute Gasteiger partial charge is 0.493 e. The number of aryl methyl sites for hydroxylation is 1. The Morgan fingerprint density at radius 3 is 2.74 bits per heavy atom. The molecule has 0 bridgehead atoms. The van der Waals surface area contributed by atoms with Gasteiger partial charge in [0.15, 0.2) is 11.5 Å². The summed E-state index contributed by atoms with van der Waals surface area (Å²) in [6.07, 6.45) is 0.952. The fourth-order valence-electron chi connectivity index (χ4n) is 2.89. The molecule has 1 unspecified atom stereocenters. The third-order valence-electron chi connectivity index (χ3n) is 4.40. The zero-order valence-corrected chi connectivity index (χ0v) is 16.3. The number of nitrogens with zero attached hydrogens (tertiary/aromatic N) is 3. The molecule has 8 nitrogen and oxygen atoms in total. The van der Waals surface area contributed by atoms with Gasteiger partial charge in [-0.3, -0.25) is 14.5 Å². The van der Waals surface area contributed by atoms with E-state index >= 15 is 0 Å². The summed E-state index contributed by atoms with van der Waals surface area (Å²) in [6, 6.07) is 5.47. The van der Waals surface area contributed by atoms with Crippen LogP contribution in [0, 0.1) is 5.92 Å². The van der Waals surface area contributed by atoms with Crippen molar-refractivity contribution in [2.75, 3.05) is 25.7 Å². The van der Waals surface area contributed by atoms with Gasteiger partial charge in [0.1, 0.15) is 5.01 Å². The van der Waals surface area contributed by atoms with Gasteiger partial charge < -0.3 is 14.8 Å². The highest BCUT2D eigenvalue weighted by Crippen LogP contribution is 2.29. The number of hydrogen-bond acceptors (Lipinski definition) is 7. The van der Waals surface area contributed by atoms with E-state index in [1.165, 1.54) is 11.3 Å². The Morgan fingerprint density at radius 1 is 1.30 bits per heavy atom. The summed E-state index contributed by atoms with van der Waals surface area (Å²) < 4.78 is 10.5. The Kier molecular flexibility index (Phi) is 5.90. The van der Waals surface area contributed by atoms with Gasteiger partial charge in [-0.2, -0.15) is 0 Å². The molecule has 1 N–H and O–H groups in total. The minimum Gasteiger partial charge on any atom is -0.493 e. The van der Waals surface area contributed by atoms with E-state index in [1.807, 2.05) is 19.1 Å². The molecule has 3 rings (SSSR count). The maximum atomic E-state index is 12.5. The van der Waals surface area contributed by atoms with Gasteiger partial charge in [0.25, 0.3) is 0 Å². The predicted molar refractivity (Wildman–Crippen MR) is 101 cm³/mol. The molecule has 0 radical (unpaired) electrons. The molecule has 0 spiro atoms. The van der Waals surface area contributed by atoms with E-state index in [0.29, 0.717) is 29.7 Å². The summed E-state index contributed by atoms with van der Waals surface area (Å²) in [5.74, 6) is 0.593. The van der Waals surface area contributed by atoms with Gasteiger partial charge in [-0.15, -0.1) is 10.2 Å². The minimum absolute atomic E-state index is 0.0972. The molecule has 2 heterocycles. The number of amides is 2. The molecule has 1 aliphatic rings. The fraction of sp³-hybridized carbons (Fsp3) is 0.444. The zero-order valence-electron chi connectivity index (χ0n) is 15.5. The van der Waals surface area contributed by atoms with Crippen molar-refractivity contribution in [1.29, 1.82) is 0 Å². The Labute approximate surface area is 161 Å². The Bertz CT molecular complexity index is 839. The van der Waals surface area contributed by atoms with E-state index in [4.69, 9.17) is 9.47 Å². The first-order chi connectivity index (χ1) is 13.0. The zero-order chi connectivity index (χ0) is 19.4. The van der Waals surface area contributed by atoms with Crippen LogP contribution in [0.4, 0.5) is 5.13 Å². The first-order valence-corrected chi connectivity index (χ1v) is 9.48. The molecule has 9 heteroatoms. The van der Waals surface area contributed by atoms with Crippen LogP contribution >= 0.6 is 11.3 Å². The second-order valence-electron chi connectivity index (χ2n) is 6.14. The topological polar surface area (TPSA) is 93.7 Å². The number of carbonyl (C=O) groups excluding carboxylic acids is 2. The highest BCUT2D eigenvalue weighted by atomic mass is 32.1. The highest BCUT2D eigenvalue weighted by molar-refractivity contribution is 7.15. The number of benzene rings is 1. The lowest BCUT2D eigenvalue weighted by Crippen LogP contribution is -2.32. The molecule has 1 fully saturated rings. The quantitative estimate of drug-likeness (QED) is 0.775. The SMILES string of the molecule is CCc1nnc(N2CC(C(=O)NCc3ccc(OC)c(OC)c3)CC2=O)s1. The lowest BCUT2D eigenvalue weighted by molar-refractivity contribution is -0.126. The van der Waals surface area contributed by atoms with E-state index in [2.05, 4.69) is 15.5 Å². The average molecular weight is 390 g/mol. The molecule has 144 valence electrons. The van der Waals surface area contributed by atoms with Gasteiger partial charge in [0, 0.05) is 19.5 Å². The summed E-state index contributed by atoms with van der Waals surface area (Å²) in [6.45, 7) is 2.66. The number of rotatable bonds is 7. The van der Waals surface area contributed by atoms with Crippen molar-refractivity contribution in [3.05, 3.63) is 28.8 Å². The molecule has 1 aliphatic heterocycles. The van der Waals surface area contributed by atoms with E-state index in [-0.39, 0.29) is 18.2 Å². The van der Waals surface area contributed by atoms with Crippen molar-refractivity contribution in [3.8, 4) is 11.5 Å². The standard InChI is InChI=1S/C18H22N4O4S/c1-4-15-20-21-18(27-15)22-10-12(8-16(22)23)17(24)19-9-11-5-6-13(25-2)14(7-11)26-3/h5-7,12H,4,8-10H2,1-3H3,(H,19,24). The van der Waals surface area contributed by atoms with Crippen LogP contribution in [0.5, 0.6) is 11.5 Å². The second-order valence-corrected chi connectivity index (χ2v) is 7.18. The highest BCUT2D eigenvalue weighted by Gasteiger charge is 2.36. The summed E-state index contributed by atoms with van der Waals surface area (Å²) in [4.78, 5) is 26.3. The van der Waals surface area contributed by atoms with Crippen LogP contribution in [0.1, 0.15) is 23.9 Å². The van der Waals surface area contributed by atoms with Gasteiger partial charge in [-0.25, -0.2) is 0 Å². The maximum Gasteiger partial charge on any atom is 0.229 e. The summed E-state index contributed by atoms with van der Waals surface area (Å²) in [5.41, 5.74) is 0.888. The van der Waals surface area contributed by atoms with Crippen LogP contribution < -0.4 is 19.7 Å². The van der Waals surface area contributed by atoms with Crippen LogP contribution in [0.15, 0.2) is 18.2 Å². The third kappa shape index (κ3) is 4.19. The molecule has 0 saturated carbocycles. The molecule has 1 atom stereocenters. The van der Waals surface area contributed by atoms with Crippen LogP contribution in [0.25, 0.3) is 0 Å². The first kappa shape index (κ1) is 19.1. The number of methoxy groups -OCH3 is 2. The van der Waals surface area contributed by atoms with Gasteiger partial charge in [0.2, 0.25) is 16.9 Å². The lowest BCUT2D eigenvalue weighted by Gasteiger charge is -2.13. The third-order valence-corrected chi connectivity index (χ3v) is 5.49. The Balaban J connectivity index is 1.59. The van der Waals surface area contributed by atoms with Crippen molar-refractivity contribution in [2.45, 2.75) is 26.3 Å². The van der Waals surface area contributed by atoms with Crippen LogP contribution in [0.3, 0.4) is 0 Å². The maximum absolute atomic E-state index is 12.5. The van der Waals surface area contributed by atoms with Crippen LogP contribution in [0.2, 0.25) is 0 Å². The summed E-state index contributed by atoms with van der Waals surface area (Å²) in [7, 11) is 3.14. The molecule has 1 saturated heterocycles. The molecule has 1 aromatic carbocycles. The van der Waals surface area contributed by atoms with Crippen molar-refractivity contribution in [2.24, 2.45) is 5.92 Å². The van der Waals surface area contributed by atoms with Gasteiger partial charge in [-0.1, -0.05) is 24.3 Å². The van der Waals surface area contributed by atoms with Gasteiger partial charge >= 0.3 is 0 Å². The summed E-state index contributed by atoms with van der Waals surface area (Å²) >= 11 is 1.39. The van der Waals surface area contributed by atoms with Crippen molar-refractivity contribution in [3.63, 3.8) is 0 Å². The number of ether oxygens (including phenoxy) is 2. The fourth-order valence-corrected chi connectivity index (χ4v) is 3.69. The van der Waals surface area contributed by atoms with Gasteiger partial charge in [0.05, 0.1) is 20.1 Å². The number of anilines is 1. The van der Waals surface area contributed by atoms with E-state index < -0.39 is 5.92 Å². The molecule has 0 aliphatic carbocycles. The van der Waals surface area contributed by atoms with Crippen LogP contribution in [-0.4, -0.2) is 42.8 Å². The molecule has 2 amide bonds. The van der Waals surface area contributed by atoms with Crippen molar-refractivity contribution < 1.29 is 19.1 Å². The van der Waals surface area contributed by atoms with E-state index in [9.17, 15) is 9.59 Å². The number of carbonyl (C=O) groups is 2. The average Bonchev–Trinajstić information content (AvgIpc) is 3.32. The smallest absolute Gasteiger partial charge is 0.229 e. The monoisotopic (exact) mass is 390 g/mol. The molecule has 1 aromatic heterocycles. The predicted octanol–water partition coefficient (Wildman–Crippen LogP) is 1.79. The summed E-state index contributed by atoms with van der Waals surface area (Å²) in [5, 5.41) is 12.4. The van der Waals surface area contributed by atoms with Crippen LogP contribution in [-0.2, 0) is 22.6 Å². The first-order valence-electron chi connectivity index (χ1n) is 8.67. The Morgan fingerprint density at radius 2 is 2.07 bits per heavy atom. The van der Waals surface area contributed by atoms with E-state index in [1.54, 1.807) is 25.2 Å². The number of nitrogens with one attached hydrogen (secondary N) is 1. The lowest BCUT2D eigenvalue weighted by atomic mass is 10.1.